The summed E-state index contributed by atoms with van der Waals surface area (Å²) in [7, 11) is 3.31. The number of hydrogen-bond donors (Lipinski definition) is 1. The number of nitrogens with zero attached hydrogens (tertiary/aromatic N) is 3. The standard InChI is InChI=1S/C18H30N4O3/c1-18(2,3)15-9-14(19-20-15)11-21(4)17(24)13-7-6-8-22(10-13)16(23)12-25-5/h9,13H,6-8,10-12H2,1-5H3,(H,19,20)/t13-/m1/s1. The summed E-state index contributed by atoms with van der Waals surface area (Å²) < 4.78 is 4.91. The van der Waals surface area contributed by atoms with Crippen LogP contribution in [-0.2, 0) is 26.3 Å². The second-order valence-electron chi connectivity index (χ2n) is 7.83. The third-order valence-corrected chi connectivity index (χ3v) is 4.57. The molecule has 1 atom stereocenters. The number of carbonyl (C=O) groups excluding carboxylic acids is 2. The quantitative estimate of drug-likeness (QED) is 0.874. The Bertz CT molecular complexity index is 606. The average Bonchev–Trinajstić information content (AvgIpc) is 3.03. The van der Waals surface area contributed by atoms with Crippen LogP contribution in [0.15, 0.2) is 6.07 Å². The molecule has 1 aromatic heterocycles. The number of carbonyl (C=O) groups is 2. The topological polar surface area (TPSA) is 78.5 Å². The van der Waals surface area contributed by atoms with Crippen LogP contribution in [0.25, 0.3) is 0 Å². The summed E-state index contributed by atoms with van der Waals surface area (Å²) in [4.78, 5) is 28.2. The molecule has 0 aromatic carbocycles. The number of aromatic amines is 1. The van der Waals surface area contributed by atoms with E-state index >= 15 is 0 Å². The van der Waals surface area contributed by atoms with Crippen LogP contribution in [0.2, 0.25) is 0 Å². The van der Waals surface area contributed by atoms with Crippen molar-refractivity contribution in [2.45, 2.75) is 45.6 Å². The first-order valence-electron chi connectivity index (χ1n) is 8.79. The third kappa shape index (κ3) is 5.04. The average molecular weight is 350 g/mol. The van der Waals surface area contributed by atoms with Crippen molar-refractivity contribution in [2.75, 3.05) is 33.9 Å². The molecule has 25 heavy (non-hydrogen) atoms. The Morgan fingerprint density at radius 1 is 1.44 bits per heavy atom. The molecule has 1 saturated heterocycles. The lowest BCUT2D eigenvalue weighted by molar-refractivity contribution is -0.142. The van der Waals surface area contributed by atoms with E-state index in [1.807, 2.05) is 6.07 Å². The minimum Gasteiger partial charge on any atom is -0.375 e. The monoisotopic (exact) mass is 350 g/mol. The summed E-state index contributed by atoms with van der Waals surface area (Å²) in [5.74, 6) is -0.127. The molecule has 0 spiro atoms. The molecule has 2 rings (SSSR count). The number of aromatic nitrogens is 2. The van der Waals surface area contributed by atoms with Crippen LogP contribution in [-0.4, -0.2) is 65.7 Å². The van der Waals surface area contributed by atoms with Crippen molar-refractivity contribution in [1.29, 1.82) is 0 Å². The zero-order valence-corrected chi connectivity index (χ0v) is 16.0. The van der Waals surface area contributed by atoms with Crippen molar-refractivity contribution < 1.29 is 14.3 Å². The molecule has 140 valence electrons. The fourth-order valence-electron chi connectivity index (χ4n) is 3.09. The number of rotatable bonds is 5. The van der Waals surface area contributed by atoms with E-state index in [1.165, 1.54) is 7.11 Å². The molecule has 0 saturated carbocycles. The van der Waals surface area contributed by atoms with Gasteiger partial charge in [-0.05, 0) is 18.9 Å². The number of hydrogen-bond acceptors (Lipinski definition) is 4. The molecule has 1 N–H and O–H groups in total. The zero-order chi connectivity index (χ0) is 18.6. The smallest absolute Gasteiger partial charge is 0.248 e. The Morgan fingerprint density at radius 2 is 2.16 bits per heavy atom. The normalized spacial score (nSPS) is 18.3. The summed E-state index contributed by atoms with van der Waals surface area (Å²) in [6, 6.07) is 2.01. The number of amides is 2. The predicted octanol–water partition coefficient (Wildman–Crippen LogP) is 1.55. The van der Waals surface area contributed by atoms with E-state index in [1.54, 1.807) is 16.8 Å². The van der Waals surface area contributed by atoms with Crippen LogP contribution in [0.1, 0.15) is 45.0 Å². The van der Waals surface area contributed by atoms with Crippen molar-refractivity contribution in [3.05, 3.63) is 17.5 Å². The highest BCUT2D eigenvalue weighted by Crippen LogP contribution is 2.22. The maximum atomic E-state index is 12.8. The van der Waals surface area contributed by atoms with E-state index in [-0.39, 0.29) is 29.8 Å². The first-order chi connectivity index (χ1) is 11.7. The van der Waals surface area contributed by atoms with E-state index in [4.69, 9.17) is 4.74 Å². The molecular weight excluding hydrogens is 320 g/mol. The van der Waals surface area contributed by atoms with Gasteiger partial charge >= 0.3 is 0 Å². The largest absolute Gasteiger partial charge is 0.375 e. The molecule has 1 aliphatic heterocycles. The molecule has 0 aliphatic carbocycles. The van der Waals surface area contributed by atoms with E-state index in [9.17, 15) is 9.59 Å². The molecule has 1 aliphatic rings. The van der Waals surface area contributed by atoms with Gasteiger partial charge in [0.1, 0.15) is 6.61 Å². The van der Waals surface area contributed by atoms with E-state index in [2.05, 4.69) is 31.0 Å². The first kappa shape index (κ1) is 19.4. The number of piperidine rings is 1. The highest BCUT2D eigenvalue weighted by Gasteiger charge is 2.30. The van der Waals surface area contributed by atoms with Gasteiger partial charge in [-0.15, -0.1) is 0 Å². The van der Waals surface area contributed by atoms with E-state index in [0.717, 1.165) is 24.2 Å². The van der Waals surface area contributed by atoms with Gasteiger partial charge in [0.15, 0.2) is 0 Å². The summed E-state index contributed by atoms with van der Waals surface area (Å²) in [5, 5.41) is 7.36. The van der Waals surface area contributed by atoms with E-state index in [0.29, 0.717) is 19.6 Å². The number of nitrogens with one attached hydrogen (secondary N) is 1. The molecule has 1 aromatic rings. The number of likely N-dealkylation sites (tertiary alicyclic amines) is 1. The first-order valence-corrected chi connectivity index (χ1v) is 8.79. The van der Waals surface area contributed by atoms with Gasteiger partial charge in [-0.2, -0.15) is 5.10 Å². The molecule has 0 unspecified atom stereocenters. The Kier molecular flexibility index (Phi) is 6.21. The van der Waals surface area contributed by atoms with Gasteiger partial charge in [-0.3, -0.25) is 14.7 Å². The van der Waals surface area contributed by atoms with Crippen LogP contribution in [0, 0.1) is 5.92 Å². The van der Waals surface area contributed by atoms with Crippen molar-refractivity contribution >= 4 is 11.8 Å². The molecule has 2 heterocycles. The molecular formula is C18H30N4O3. The van der Waals surface area contributed by atoms with Crippen molar-refractivity contribution in [1.82, 2.24) is 20.0 Å². The lowest BCUT2D eigenvalue weighted by Gasteiger charge is -2.33. The predicted molar refractivity (Wildman–Crippen MR) is 94.9 cm³/mol. The van der Waals surface area contributed by atoms with Gasteiger partial charge in [0, 0.05) is 32.7 Å². The SMILES string of the molecule is COCC(=O)N1CCC[C@@H](C(=O)N(C)Cc2cc(C(C)(C)C)n[nH]2)C1. The van der Waals surface area contributed by atoms with Gasteiger partial charge < -0.3 is 14.5 Å². The number of H-pyrrole nitrogens is 1. The van der Waals surface area contributed by atoms with Crippen molar-refractivity contribution in [2.24, 2.45) is 5.92 Å². The summed E-state index contributed by atoms with van der Waals surface area (Å²) in [6.45, 7) is 8.05. The Hall–Kier alpha value is -1.89. The van der Waals surface area contributed by atoms with Crippen LogP contribution in [0.3, 0.4) is 0 Å². The Labute approximate surface area is 149 Å². The lowest BCUT2D eigenvalue weighted by Crippen LogP contribution is -2.46. The molecule has 0 bridgehead atoms. The Balaban J connectivity index is 1.95. The zero-order valence-electron chi connectivity index (χ0n) is 16.0. The fraction of sp³-hybridized carbons (Fsp3) is 0.722. The summed E-state index contributed by atoms with van der Waals surface area (Å²) >= 11 is 0. The van der Waals surface area contributed by atoms with Crippen molar-refractivity contribution in [3.8, 4) is 0 Å². The van der Waals surface area contributed by atoms with Gasteiger partial charge in [-0.25, -0.2) is 0 Å². The van der Waals surface area contributed by atoms with Crippen LogP contribution < -0.4 is 0 Å². The van der Waals surface area contributed by atoms with E-state index < -0.39 is 0 Å². The van der Waals surface area contributed by atoms with Gasteiger partial charge in [-0.1, -0.05) is 20.8 Å². The summed E-state index contributed by atoms with van der Waals surface area (Å²) in [5.41, 5.74) is 1.88. The maximum Gasteiger partial charge on any atom is 0.248 e. The van der Waals surface area contributed by atoms with Crippen LogP contribution in [0.5, 0.6) is 0 Å². The van der Waals surface area contributed by atoms with Crippen LogP contribution in [0.4, 0.5) is 0 Å². The maximum absolute atomic E-state index is 12.8. The molecule has 0 radical (unpaired) electrons. The van der Waals surface area contributed by atoms with Gasteiger partial charge in [0.25, 0.3) is 0 Å². The lowest BCUT2D eigenvalue weighted by atomic mass is 9.92. The highest BCUT2D eigenvalue weighted by atomic mass is 16.5. The molecule has 2 amide bonds. The number of ether oxygens (including phenoxy) is 1. The molecule has 7 heteroatoms. The van der Waals surface area contributed by atoms with Crippen LogP contribution >= 0.6 is 0 Å². The van der Waals surface area contributed by atoms with Gasteiger partial charge in [0.05, 0.1) is 23.9 Å². The second-order valence-corrected chi connectivity index (χ2v) is 7.83. The number of methoxy groups -OCH3 is 1. The van der Waals surface area contributed by atoms with Gasteiger partial charge in [0.2, 0.25) is 11.8 Å². The van der Waals surface area contributed by atoms with Crippen molar-refractivity contribution in [3.63, 3.8) is 0 Å². The minimum absolute atomic E-state index is 0.0249. The minimum atomic E-state index is -0.149. The highest BCUT2D eigenvalue weighted by molar-refractivity contribution is 5.81. The molecule has 1 fully saturated rings. The molecule has 7 nitrogen and oxygen atoms in total. The summed E-state index contributed by atoms with van der Waals surface area (Å²) in [6.07, 6.45) is 1.66. The fourth-order valence-corrected chi connectivity index (χ4v) is 3.09. The Morgan fingerprint density at radius 3 is 2.76 bits per heavy atom. The third-order valence-electron chi connectivity index (χ3n) is 4.57. The second kappa shape index (κ2) is 7.99.